The number of rotatable bonds is 14. The van der Waals surface area contributed by atoms with Gasteiger partial charge in [-0.15, -0.1) is 0 Å². The Labute approximate surface area is 141 Å². The van der Waals surface area contributed by atoms with Gasteiger partial charge in [0.1, 0.15) is 0 Å². The van der Waals surface area contributed by atoms with E-state index in [1.165, 1.54) is 19.3 Å². The minimum absolute atomic E-state index is 0.199. The maximum absolute atomic E-state index is 10.3. The Morgan fingerprint density at radius 2 is 1.70 bits per heavy atom. The minimum atomic E-state index is -0.760. The Bertz CT molecular complexity index is 392. The van der Waals surface area contributed by atoms with Gasteiger partial charge < -0.3 is 10.2 Å². The molecule has 2 N–H and O–H groups in total. The van der Waals surface area contributed by atoms with Crippen molar-refractivity contribution in [1.82, 2.24) is 0 Å². The Morgan fingerprint density at radius 3 is 2.43 bits per heavy atom. The van der Waals surface area contributed by atoms with Crippen molar-refractivity contribution in [2.75, 3.05) is 0 Å². The maximum atomic E-state index is 10.3. The van der Waals surface area contributed by atoms with Gasteiger partial charge in [0.2, 0.25) is 0 Å². The first-order valence-electron chi connectivity index (χ1n) is 8.70. The van der Waals surface area contributed by atoms with Gasteiger partial charge in [-0.05, 0) is 38.5 Å². The van der Waals surface area contributed by atoms with Gasteiger partial charge in [0, 0.05) is 6.42 Å². The molecule has 0 saturated carbocycles. The lowest BCUT2D eigenvalue weighted by Gasteiger charge is -1.99. The summed E-state index contributed by atoms with van der Waals surface area (Å²) in [5.41, 5.74) is 0. The minimum Gasteiger partial charge on any atom is -0.481 e. The fourth-order valence-electron chi connectivity index (χ4n) is 1.96. The van der Waals surface area contributed by atoms with Crippen LogP contribution < -0.4 is 0 Å². The number of unbranched alkanes of at least 4 members (excludes halogenated alkanes) is 4. The van der Waals surface area contributed by atoms with E-state index in [1.807, 2.05) is 24.3 Å². The second-order valence-electron chi connectivity index (χ2n) is 5.58. The van der Waals surface area contributed by atoms with E-state index >= 15 is 0 Å². The van der Waals surface area contributed by atoms with Gasteiger partial charge in [-0.2, -0.15) is 0 Å². The highest BCUT2D eigenvalue weighted by molar-refractivity contribution is 5.66. The van der Waals surface area contributed by atoms with Gasteiger partial charge in [-0.1, -0.05) is 68.4 Å². The van der Waals surface area contributed by atoms with Crippen LogP contribution in [0.2, 0.25) is 0 Å². The first kappa shape index (κ1) is 21.4. The number of carboxylic acids is 1. The molecule has 0 fully saturated rings. The van der Waals surface area contributed by atoms with Gasteiger partial charge in [-0.25, -0.2) is 0 Å². The van der Waals surface area contributed by atoms with Crippen LogP contribution in [0.15, 0.2) is 48.6 Å². The van der Waals surface area contributed by atoms with E-state index in [1.54, 1.807) is 6.08 Å². The van der Waals surface area contributed by atoms with Gasteiger partial charge >= 0.3 is 5.97 Å². The smallest absolute Gasteiger partial charge is 0.303 e. The average Bonchev–Trinajstić information content (AvgIpc) is 2.52. The molecule has 0 aliphatic heterocycles. The van der Waals surface area contributed by atoms with Crippen molar-refractivity contribution in [2.24, 2.45) is 0 Å². The molecule has 0 aromatic carbocycles. The highest BCUT2D eigenvalue weighted by Gasteiger charge is 1.95. The number of aliphatic hydroxyl groups excluding tert-OH is 1. The maximum Gasteiger partial charge on any atom is 0.303 e. The largest absolute Gasteiger partial charge is 0.481 e. The number of hydrogen-bond donors (Lipinski definition) is 2. The van der Waals surface area contributed by atoms with E-state index in [4.69, 9.17) is 5.11 Å². The van der Waals surface area contributed by atoms with E-state index < -0.39 is 12.1 Å². The highest BCUT2D eigenvalue weighted by Crippen LogP contribution is 2.02. The van der Waals surface area contributed by atoms with Crippen molar-refractivity contribution in [3.63, 3.8) is 0 Å². The number of hydrogen-bond acceptors (Lipinski definition) is 2. The normalized spacial score (nSPS) is 13.8. The predicted octanol–water partition coefficient (Wildman–Crippen LogP) is 5.19. The third-order valence-corrected chi connectivity index (χ3v) is 3.30. The average molecular weight is 320 g/mol. The molecule has 23 heavy (non-hydrogen) atoms. The fraction of sp³-hybridized carbons (Fsp3) is 0.550. The molecule has 0 rings (SSSR count). The van der Waals surface area contributed by atoms with E-state index in [9.17, 15) is 9.90 Å². The van der Waals surface area contributed by atoms with E-state index in [-0.39, 0.29) is 6.42 Å². The predicted molar refractivity (Wildman–Crippen MR) is 97.4 cm³/mol. The zero-order valence-electron chi connectivity index (χ0n) is 14.4. The molecular weight excluding hydrogens is 288 g/mol. The zero-order valence-corrected chi connectivity index (χ0v) is 14.4. The van der Waals surface area contributed by atoms with E-state index in [0.29, 0.717) is 12.8 Å². The number of aliphatic carboxylic acids is 1. The van der Waals surface area contributed by atoms with Crippen molar-refractivity contribution in [3.05, 3.63) is 48.6 Å². The van der Waals surface area contributed by atoms with Crippen LogP contribution in [0.1, 0.15) is 64.7 Å². The molecule has 3 heteroatoms. The molecule has 0 aromatic heterocycles. The van der Waals surface area contributed by atoms with Crippen LogP contribution in [0, 0.1) is 0 Å². The summed E-state index contributed by atoms with van der Waals surface area (Å²) in [7, 11) is 0. The molecular formula is C20H32O3. The van der Waals surface area contributed by atoms with Gasteiger partial charge in [0.15, 0.2) is 0 Å². The molecule has 0 aromatic rings. The van der Waals surface area contributed by atoms with Gasteiger partial charge in [-0.3, -0.25) is 4.79 Å². The lowest BCUT2D eigenvalue weighted by Crippen LogP contribution is -1.98. The van der Waals surface area contributed by atoms with Crippen LogP contribution in [-0.4, -0.2) is 22.3 Å². The molecule has 0 spiro atoms. The van der Waals surface area contributed by atoms with Crippen LogP contribution in [0.25, 0.3) is 0 Å². The van der Waals surface area contributed by atoms with E-state index in [0.717, 1.165) is 19.3 Å². The number of allylic oxidation sites excluding steroid dienone is 6. The summed E-state index contributed by atoms with van der Waals surface area (Å²) in [6, 6.07) is 0. The second-order valence-corrected chi connectivity index (χ2v) is 5.58. The summed E-state index contributed by atoms with van der Waals surface area (Å²) in [6.07, 6.45) is 23.5. The van der Waals surface area contributed by atoms with Crippen molar-refractivity contribution in [1.29, 1.82) is 0 Å². The first-order chi connectivity index (χ1) is 11.2. The Kier molecular flexibility index (Phi) is 15.6. The Balaban J connectivity index is 3.63. The van der Waals surface area contributed by atoms with Crippen LogP contribution >= 0.6 is 0 Å². The van der Waals surface area contributed by atoms with Crippen molar-refractivity contribution >= 4 is 5.97 Å². The number of carboxylic acid groups (broad SMARTS) is 1. The molecule has 1 atom stereocenters. The van der Waals surface area contributed by atoms with Crippen molar-refractivity contribution in [2.45, 2.75) is 70.8 Å². The number of aliphatic hydroxyl groups is 1. The molecule has 0 heterocycles. The molecule has 130 valence electrons. The van der Waals surface area contributed by atoms with Crippen molar-refractivity contribution in [3.8, 4) is 0 Å². The highest BCUT2D eigenvalue weighted by atomic mass is 16.4. The van der Waals surface area contributed by atoms with Gasteiger partial charge in [0.25, 0.3) is 0 Å². The summed E-state index contributed by atoms with van der Waals surface area (Å²) in [6.45, 7) is 2.21. The Hall–Kier alpha value is -1.61. The summed E-state index contributed by atoms with van der Waals surface area (Å²) in [4.78, 5) is 10.3. The number of carbonyl (C=O) groups is 1. The quantitative estimate of drug-likeness (QED) is 0.263. The third kappa shape index (κ3) is 18.3. The molecule has 0 aliphatic carbocycles. The fourth-order valence-corrected chi connectivity index (χ4v) is 1.96. The first-order valence-corrected chi connectivity index (χ1v) is 8.70. The Morgan fingerprint density at radius 1 is 0.957 bits per heavy atom. The lowest BCUT2D eigenvalue weighted by molar-refractivity contribution is -0.137. The monoisotopic (exact) mass is 320 g/mol. The molecule has 0 saturated heterocycles. The molecule has 0 aliphatic rings. The van der Waals surface area contributed by atoms with Crippen LogP contribution in [-0.2, 0) is 4.79 Å². The SMILES string of the molecule is CCCCC/C=C/C/C=C/C=C/[C@@H](O)C/C=C/CCCC(=O)O. The zero-order chi connectivity index (χ0) is 17.2. The summed E-state index contributed by atoms with van der Waals surface area (Å²) < 4.78 is 0. The van der Waals surface area contributed by atoms with Crippen molar-refractivity contribution < 1.29 is 15.0 Å². The van der Waals surface area contributed by atoms with Crippen LogP contribution in [0.3, 0.4) is 0 Å². The summed E-state index contributed by atoms with van der Waals surface area (Å²) >= 11 is 0. The van der Waals surface area contributed by atoms with Crippen LogP contribution in [0.4, 0.5) is 0 Å². The lowest BCUT2D eigenvalue weighted by atomic mass is 10.2. The molecule has 0 unspecified atom stereocenters. The third-order valence-electron chi connectivity index (χ3n) is 3.30. The molecule has 0 amide bonds. The van der Waals surface area contributed by atoms with E-state index in [2.05, 4.69) is 25.2 Å². The molecule has 3 nitrogen and oxygen atoms in total. The summed E-state index contributed by atoms with van der Waals surface area (Å²) in [5.74, 6) is -0.760. The summed E-state index contributed by atoms with van der Waals surface area (Å²) in [5, 5.41) is 18.2. The van der Waals surface area contributed by atoms with Gasteiger partial charge in [0.05, 0.1) is 6.10 Å². The molecule has 0 bridgehead atoms. The van der Waals surface area contributed by atoms with Crippen LogP contribution in [0.5, 0.6) is 0 Å². The topological polar surface area (TPSA) is 57.5 Å². The molecule has 0 radical (unpaired) electrons. The standard InChI is InChI=1S/C20H32O3/c1-2-3-4-5-6-7-8-9-10-13-16-19(21)17-14-11-12-15-18-20(22)23/h6-7,9-11,13-14,16,19,21H,2-5,8,12,15,17-18H2,1H3,(H,22,23)/b7-6+,10-9+,14-11+,16-13+/t19-/m1/s1. The second kappa shape index (κ2) is 16.8.